The zero-order valence-electron chi connectivity index (χ0n) is 16.7. The smallest absolute Gasteiger partial charge is 0.191 e. The fourth-order valence-electron chi connectivity index (χ4n) is 2.78. The Morgan fingerprint density at radius 2 is 1.93 bits per heavy atom. The van der Waals surface area contributed by atoms with Crippen molar-refractivity contribution in [1.82, 2.24) is 15.2 Å². The summed E-state index contributed by atoms with van der Waals surface area (Å²) in [4.78, 5) is 4.67. The third-order valence-corrected chi connectivity index (χ3v) is 4.09. The average Bonchev–Trinajstić information content (AvgIpc) is 3.19. The van der Waals surface area contributed by atoms with Crippen molar-refractivity contribution < 1.29 is 9.47 Å². The zero-order valence-corrected chi connectivity index (χ0v) is 16.7. The van der Waals surface area contributed by atoms with Crippen LogP contribution in [0.15, 0.2) is 47.7 Å². The van der Waals surface area contributed by atoms with Crippen LogP contribution in [0.5, 0.6) is 11.5 Å². The van der Waals surface area contributed by atoms with Gasteiger partial charge in [-0.25, -0.2) is 0 Å². The van der Waals surface area contributed by atoms with Crippen LogP contribution in [0.4, 0.5) is 0 Å². The number of hydrogen-bond donors (Lipinski definition) is 2. The Morgan fingerprint density at radius 3 is 2.63 bits per heavy atom. The van der Waals surface area contributed by atoms with Crippen LogP contribution in [-0.4, -0.2) is 43.9 Å². The summed E-state index contributed by atoms with van der Waals surface area (Å²) in [7, 11) is 1.66. The molecule has 0 aliphatic heterocycles. The molecule has 0 unspecified atom stereocenters. The summed E-state index contributed by atoms with van der Waals surface area (Å²) in [6, 6.07) is 10.2. The van der Waals surface area contributed by atoms with Crippen LogP contribution in [0.25, 0.3) is 0 Å². The van der Waals surface area contributed by atoms with E-state index in [0.29, 0.717) is 6.61 Å². The summed E-state index contributed by atoms with van der Waals surface area (Å²) in [6.45, 7) is 8.08. The number of guanidine groups is 1. The Morgan fingerprint density at radius 1 is 1.11 bits per heavy atom. The second kappa shape index (κ2) is 11.9. The van der Waals surface area contributed by atoms with Gasteiger partial charge in [-0.05, 0) is 56.5 Å². The second-order valence-electron chi connectivity index (χ2n) is 6.13. The van der Waals surface area contributed by atoms with Crippen LogP contribution in [-0.2, 0) is 13.0 Å². The summed E-state index contributed by atoms with van der Waals surface area (Å²) >= 11 is 0. The SMILES string of the molecule is CCNC(=NCCCc1ccc(OC)c(OCC)c1)NCCn1cccc1. The highest BCUT2D eigenvalue weighted by molar-refractivity contribution is 5.79. The van der Waals surface area contributed by atoms with E-state index >= 15 is 0 Å². The molecule has 0 spiro atoms. The number of rotatable bonds is 11. The van der Waals surface area contributed by atoms with Gasteiger partial charge in [-0.3, -0.25) is 4.99 Å². The normalized spacial score (nSPS) is 11.3. The van der Waals surface area contributed by atoms with E-state index in [-0.39, 0.29) is 0 Å². The van der Waals surface area contributed by atoms with Crippen LogP contribution in [0.1, 0.15) is 25.8 Å². The lowest BCUT2D eigenvalue weighted by atomic mass is 10.1. The van der Waals surface area contributed by atoms with E-state index in [9.17, 15) is 0 Å². The predicted octanol–water partition coefficient (Wildman–Crippen LogP) is 3.08. The molecular weight excluding hydrogens is 340 g/mol. The maximum Gasteiger partial charge on any atom is 0.191 e. The fraction of sp³-hybridized carbons (Fsp3) is 0.476. The van der Waals surface area contributed by atoms with Gasteiger partial charge in [0.2, 0.25) is 0 Å². The van der Waals surface area contributed by atoms with Gasteiger partial charge in [0.15, 0.2) is 17.5 Å². The quantitative estimate of drug-likeness (QED) is 0.362. The van der Waals surface area contributed by atoms with Gasteiger partial charge in [0.25, 0.3) is 0 Å². The molecule has 1 aromatic heterocycles. The summed E-state index contributed by atoms with van der Waals surface area (Å²) in [5, 5.41) is 6.68. The van der Waals surface area contributed by atoms with Crippen molar-refractivity contribution in [2.75, 3.05) is 33.4 Å². The van der Waals surface area contributed by atoms with Crippen LogP contribution >= 0.6 is 0 Å². The first-order valence-electron chi connectivity index (χ1n) is 9.69. The highest BCUT2D eigenvalue weighted by Crippen LogP contribution is 2.28. The third-order valence-electron chi connectivity index (χ3n) is 4.09. The molecule has 0 radical (unpaired) electrons. The number of hydrogen-bond acceptors (Lipinski definition) is 3. The fourth-order valence-corrected chi connectivity index (χ4v) is 2.78. The highest BCUT2D eigenvalue weighted by Gasteiger charge is 2.05. The zero-order chi connectivity index (χ0) is 19.3. The predicted molar refractivity (Wildman–Crippen MR) is 111 cm³/mol. The first kappa shape index (κ1) is 20.7. The number of aromatic nitrogens is 1. The van der Waals surface area contributed by atoms with Crippen LogP contribution in [0, 0.1) is 0 Å². The molecule has 1 aromatic carbocycles. The molecule has 0 saturated carbocycles. The van der Waals surface area contributed by atoms with Crippen LogP contribution in [0.3, 0.4) is 0 Å². The molecule has 0 fully saturated rings. The summed E-state index contributed by atoms with van der Waals surface area (Å²) in [5.41, 5.74) is 1.24. The van der Waals surface area contributed by atoms with Gasteiger partial charge in [-0.1, -0.05) is 6.07 Å². The van der Waals surface area contributed by atoms with E-state index in [2.05, 4.69) is 51.6 Å². The Labute approximate surface area is 162 Å². The largest absolute Gasteiger partial charge is 0.493 e. The number of aliphatic imine (C=N–C) groups is 1. The molecule has 1 heterocycles. The lowest BCUT2D eigenvalue weighted by Gasteiger charge is -2.12. The number of nitrogens with one attached hydrogen (secondary N) is 2. The molecule has 0 aliphatic carbocycles. The van der Waals surface area contributed by atoms with Gasteiger partial charge >= 0.3 is 0 Å². The van der Waals surface area contributed by atoms with Gasteiger partial charge in [0.1, 0.15) is 0 Å². The van der Waals surface area contributed by atoms with E-state index in [0.717, 1.165) is 56.5 Å². The molecule has 2 N–H and O–H groups in total. The molecule has 0 bridgehead atoms. The minimum Gasteiger partial charge on any atom is -0.493 e. The summed E-state index contributed by atoms with van der Waals surface area (Å²) in [5.74, 6) is 2.45. The topological polar surface area (TPSA) is 59.8 Å². The van der Waals surface area contributed by atoms with E-state index in [1.807, 2.05) is 25.1 Å². The monoisotopic (exact) mass is 372 g/mol. The first-order valence-corrected chi connectivity index (χ1v) is 9.69. The lowest BCUT2D eigenvalue weighted by molar-refractivity contribution is 0.310. The van der Waals surface area contributed by atoms with Gasteiger partial charge in [-0.15, -0.1) is 0 Å². The minimum absolute atomic E-state index is 0.630. The summed E-state index contributed by atoms with van der Waals surface area (Å²) in [6.07, 6.45) is 6.07. The van der Waals surface area contributed by atoms with Gasteiger partial charge in [-0.2, -0.15) is 0 Å². The second-order valence-corrected chi connectivity index (χ2v) is 6.13. The highest BCUT2D eigenvalue weighted by atomic mass is 16.5. The number of nitrogens with zero attached hydrogens (tertiary/aromatic N) is 2. The van der Waals surface area contributed by atoms with Crippen molar-refractivity contribution >= 4 is 5.96 Å². The van der Waals surface area contributed by atoms with E-state index in [1.165, 1.54) is 5.56 Å². The van der Waals surface area contributed by atoms with Gasteiger partial charge in [0, 0.05) is 38.6 Å². The maximum absolute atomic E-state index is 5.65. The Balaban J connectivity index is 1.79. The van der Waals surface area contributed by atoms with Crippen molar-refractivity contribution in [3.8, 4) is 11.5 Å². The standard InChI is InChI=1S/C21H32N4O2/c1-4-22-21(24-13-16-25-14-6-7-15-25)23-12-8-9-18-10-11-19(26-3)20(17-18)27-5-2/h6-7,10-11,14-15,17H,4-5,8-9,12-13,16H2,1-3H3,(H2,22,23,24). The molecule has 0 saturated heterocycles. The molecule has 27 heavy (non-hydrogen) atoms. The molecular formula is C21H32N4O2. The molecule has 148 valence electrons. The van der Waals surface area contributed by atoms with Crippen molar-refractivity contribution in [3.05, 3.63) is 48.3 Å². The van der Waals surface area contributed by atoms with Crippen molar-refractivity contribution in [2.24, 2.45) is 4.99 Å². The average molecular weight is 373 g/mol. The number of benzene rings is 1. The maximum atomic E-state index is 5.65. The van der Waals surface area contributed by atoms with Gasteiger partial charge < -0.3 is 24.7 Å². The molecule has 6 heteroatoms. The van der Waals surface area contributed by atoms with Crippen molar-refractivity contribution in [2.45, 2.75) is 33.2 Å². The lowest BCUT2D eigenvalue weighted by Crippen LogP contribution is -2.38. The van der Waals surface area contributed by atoms with E-state index in [1.54, 1.807) is 7.11 Å². The van der Waals surface area contributed by atoms with Crippen LogP contribution in [0.2, 0.25) is 0 Å². The van der Waals surface area contributed by atoms with E-state index in [4.69, 9.17) is 9.47 Å². The molecule has 0 aliphatic rings. The van der Waals surface area contributed by atoms with Crippen molar-refractivity contribution in [3.63, 3.8) is 0 Å². The Hall–Kier alpha value is -2.63. The number of aryl methyl sites for hydroxylation is 1. The molecule has 0 amide bonds. The molecule has 2 rings (SSSR count). The van der Waals surface area contributed by atoms with Gasteiger partial charge in [0.05, 0.1) is 13.7 Å². The Kier molecular flexibility index (Phi) is 9.10. The Bertz CT molecular complexity index is 683. The van der Waals surface area contributed by atoms with Crippen LogP contribution < -0.4 is 20.1 Å². The molecule has 2 aromatic rings. The first-order chi connectivity index (χ1) is 13.3. The number of ether oxygens (including phenoxy) is 2. The third kappa shape index (κ3) is 7.25. The number of methoxy groups -OCH3 is 1. The molecule has 0 atom stereocenters. The van der Waals surface area contributed by atoms with E-state index < -0.39 is 0 Å². The molecule has 6 nitrogen and oxygen atoms in total. The minimum atomic E-state index is 0.630. The summed E-state index contributed by atoms with van der Waals surface area (Å²) < 4.78 is 13.1. The van der Waals surface area contributed by atoms with Crippen molar-refractivity contribution in [1.29, 1.82) is 0 Å².